The Labute approximate surface area is 104 Å². The van der Waals surface area contributed by atoms with Crippen LogP contribution in [0.5, 0.6) is 0 Å². The minimum Gasteiger partial charge on any atom is -0.396 e. The van der Waals surface area contributed by atoms with E-state index in [4.69, 9.17) is 5.73 Å². The van der Waals surface area contributed by atoms with Gasteiger partial charge in [-0.1, -0.05) is 20.3 Å². The van der Waals surface area contributed by atoms with Gasteiger partial charge in [-0.15, -0.1) is 0 Å². The second-order valence-electron chi connectivity index (χ2n) is 5.23. The number of hydrogen-bond acceptors (Lipinski definition) is 3. The number of nitrogens with zero attached hydrogens (tertiary/aromatic N) is 1. The summed E-state index contributed by atoms with van der Waals surface area (Å²) in [5.74, 6) is 0.0782. The van der Waals surface area contributed by atoms with Crippen LogP contribution in [0.15, 0.2) is 0 Å². The number of carbonyl (C=O) groups is 1. The summed E-state index contributed by atoms with van der Waals surface area (Å²) in [6.07, 6.45) is 4.46. The lowest BCUT2D eigenvalue weighted by molar-refractivity contribution is -0.135. The number of likely N-dealkylation sites (tertiary alicyclic amines) is 1. The number of aliphatic hydroxyl groups is 1. The van der Waals surface area contributed by atoms with Gasteiger partial charge < -0.3 is 15.7 Å². The summed E-state index contributed by atoms with van der Waals surface area (Å²) in [7, 11) is 0. The predicted octanol–water partition coefficient (Wildman–Crippen LogP) is 1.12. The van der Waals surface area contributed by atoms with Crippen molar-refractivity contribution in [2.75, 3.05) is 19.7 Å². The standard InChI is InChI=1S/C13H26N2O2/c1-3-5-11(14)12(17)15-8-6-13(4-2,10-16)7-9-15/h11,16H,3-10,14H2,1-2H3. The van der Waals surface area contributed by atoms with Crippen molar-refractivity contribution in [3.05, 3.63) is 0 Å². The lowest BCUT2D eigenvalue weighted by atomic mass is 9.77. The van der Waals surface area contributed by atoms with Crippen molar-refractivity contribution >= 4 is 5.91 Å². The van der Waals surface area contributed by atoms with E-state index in [1.54, 1.807) is 0 Å². The van der Waals surface area contributed by atoms with Gasteiger partial charge in [0.2, 0.25) is 5.91 Å². The molecule has 3 N–H and O–H groups in total. The van der Waals surface area contributed by atoms with E-state index in [0.29, 0.717) is 0 Å². The lowest BCUT2D eigenvalue weighted by Crippen LogP contribution is -2.50. The molecule has 0 radical (unpaired) electrons. The molecule has 1 amide bonds. The van der Waals surface area contributed by atoms with Gasteiger partial charge in [0.05, 0.1) is 6.04 Å². The monoisotopic (exact) mass is 242 g/mol. The van der Waals surface area contributed by atoms with Gasteiger partial charge in [0.1, 0.15) is 0 Å². The van der Waals surface area contributed by atoms with E-state index in [-0.39, 0.29) is 24.0 Å². The Morgan fingerprint density at radius 2 is 2.00 bits per heavy atom. The molecule has 1 saturated heterocycles. The summed E-state index contributed by atoms with van der Waals surface area (Å²) in [4.78, 5) is 13.9. The molecule has 1 aliphatic heterocycles. The Bertz CT molecular complexity index is 242. The molecule has 1 aliphatic rings. The maximum Gasteiger partial charge on any atom is 0.239 e. The van der Waals surface area contributed by atoms with Gasteiger partial charge in [-0.25, -0.2) is 0 Å². The first-order valence-electron chi connectivity index (χ1n) is 6.74. The number of amides is 1. The number of aliphatic hydroxyl groups excluding tert-OH is 1. The summed E-state index contributed by atoms with van der Waals surface area (Å²) in [6, 6.07) is -0.344. The van der Waals surface area contributed by atoms with E-state index in [0.717, 1.165) is 45.2 Å². The first-order valence-corrected chi connectivity index (χ1v) is 6.74. The van der Waals surface area contributed by atoms with Crippen LogP contribution in [0.1, 0.15) is 46.0 Å². The third-order valence-electron chi connectivity index (χ3n) is 4.14. The fourth-order valence-corrected chi connectivity index (χ4v) is 2.49. The van der Waals surface area contributed by atoms with Gasteiger partial charge in [0, 0.05) is 19.7 Å². The number of nitrogens with two attached hydrogens (primary N) is 1. The van der Waals surface area contributed by atoms with Crippen molar-refractivity contribution in [1.82, 2.24) is 4.90 Å². The van der Waals surface area contributed by atoms with E-state index in [2.05, 4.69) is 6.92 Å². The Hall–Kier alpha value is -0.610. The molecule has 17 heavy (non-hydrogen) atoms. The Kier molecular flexibility index (Phi) is 5.40. The average Bonchev–Trinajstić information content (AvgIpc) is 2.38. The first-order chi connectivity index (χ1) is 8.08. The van der Waals surface area contributed by atoms with Crippen LogP contribution < -0.4 is 5.73 Å². The van der Waals surface area contributed by atoms with Gasteiger partial charge in [0.25, 0.3) is 0 Å². The molecular weight excluding hydrogens is 216 g/mol. The quantitative estimate of drug-likeness (QED) is 0.759. The van der Waals surface area contributed by atoms with Crippen molar-refractivity contribution in [3.63, 3.8) is 0 Å². The molecule has 1 rings (SSSR count). The zero-order chi connectivity index (χ0) is 12.9. The Morgan fingerprint density at radius 1 is 1.41 bits per heavy atom. The van der Waals surface area contributed by atoms with E-state index in [1.165, 1.54) is 0 Å². The van der Waals surface area contributed by atoms with Crippen molar-refractivity contribution < 1.29 is 9.90 Å². The molecule has 0 saturated carbocycles. The summed E-state index contributed by atoms with van der Waals surface area (Å²) in [5, 5.41) is 9.43. The van der Waals surface area contributed by atoms with Crippen molar-refractivity contribution in [3.8, 4) is 0 Å². The average molecular weight is 242 g/mol. The fraction of sp³-hybridized carbons (Fsp3) is 0.923. The molecule has 0 aromatic rings. The molecular formula is C13H26N2O2. The van der Waals surface area contributed by atoms with Crippen LogP contribution in [0.4, 0.5) is 0 Å². The number of rotatable bonds is 5. The van der Waals surface area contributed by atoms with Crippen LogP contribution >= 0.6 is 0 Å². The van der Waals surface area contributed by atoms with E-state index < -0.39 is 0 Å². The minimum atomic E-state index is -0.344. The third kappa shape index (κ3) is 3.42. The van der Waals surface area contributed by atoms with Gasteiger partial charge in [-0.2, -0.15) is 0 Å². The predicted molar refractivity (Wildman–Crippen MR) is 68.5 cm³/mol. The van der Waals surface area contributed by atoms with Crippen LogP contribution in [0.3, 0.4) is 0 Å². The highest BCUT2D eigenvalue weighted by Crippen LogP contribution is 2.34. The molecule has 0 aromatic carbocycles. The topological polar surface area (TPSA) is 66.6 Å². The summed E-state index contributed by atoms with van der Waals surface area (Å²) in [5.41, 5.74) is 5.88. The fourth-order valence-electron chi connectivity index (χ4n) is 2.49. The molecule has 0 spiro atoms. The first kappa shape index (κ1) is 14.5. The zero-order valence-electron chi connectivity index (χ0n) is 11.1. The summed E-state index contributed by atoms with van der Waals surface area (Å²) >= 11 is 0. The van der Waals surface area contributed by atoms with E-state index in [9.17, 15) is 9.90 Å². The smallest absolute Gasteiger partial charge is 0.239 e. The molecule has 0 aliphatic carbocycles. The molecule has 0 aromatic heterocycles. The molecule has 4 nitrogen and oxygen atoms in total. The molecule has 1 fully saturated rings. The molecule has 1 atom stereocenters. The van der Waals surface area contributed by atoms with Crippen molar-refractivity contribution in [1.29, 1.82) is 0 Å². The zero-order valence-corrected chi connectivity index (χ0v) is 11.1. The molecule has 0 bridgehead atoms. The summed E-state index contributed by atoms with van der Waals surface area (Å²) < 4.78 is 0. The van der Waals surface area contributed by atoms with Gasteiger partial charge in [-0.05, 0) is 31.1 Å². The normalized spacial score (nSPS) is 21.3. The van der Waals surface area contributed by atoms with Gasteiger partial charge in [-0.3, -0.25) is 4.79 Å². The Balaban J connectivity index is 2.48. The number of hydrogen-bond donors (Lipinski definition) is 2. The highest BCUT2D eigenvalue weighted by Gasteiger charge is 2.34. The van der Waals surface area contributed by atoms with Gasteiger partial charge in [0.15, 0.2) is 0 Å². The van der Waals surface area contributed by atoms with Crippen LogP contribution in [0, 0.1) is 5.41 Å². The van der Waals surface area contributed by atoms with E-state index in [1.807, 2.05) is 11.8 Å². The minimum absolute atomic E-state index is 0.0334. The van der Waals surface area contributed by atoms with Gasteiger partial charge >= 0.3 is 0 Å². The van der Waals surface area contributed by atoms with Crippen LogP contribution in [0.2, 0.25) is 0 Å². The SMILES string of the molecule is CCCC(N)C(=O)N1CCC(CC)(CO)CC1. The van der Waals surface area contributed by atoms with E-state index >= 15 is 0 Å². The summed E-state index contributed by atoms with van der Waals surface area (Å²) in [6.45, 7) is 5.86. The third-order valence-corrected chi connectivity index (χ3v) is 4.14. The highest BCUT2D eigenvalue weighted by atomic mass is 16.3. The van der Waals surface area contributed by atoms with Crippen LogP contribution in [-0.2, 0) is 4.79 Å². The number of piperidine rings is 1. The lowest BCUT2D eigenvalue weighted by Gasteiger charge is -2.40. The second kappa shape index (κ2) is 6.36. The second-order valence-corrected chi connectivity index (χ2v) is 5.23. The maximum absolute atomic E-state index is 12.0. The molecule has 1 heterocycles. The van der Waals surface area contributed by atoms with Crippen molar-refractivity contribution in [2.24, 2.45) is 11.1 Å². The van der Waals surface area contributed by atoms with Crippen molar-refractivity contribution in [2.45, 2.75) is 52.0 Å². The van der Waals surface area contributed by atoms with Crippen LogP contribution in [0.25, 0.3) is 0 Å². The Morgan fingerprint density at radius 3 is 2.41 bits per heavy atom. The molecule has 100 valence electrons. The van der Waals surface area contributed by atoms with Crippen LogP contribution in [-0.4, -0.2) is 41.7 Å². The largest absolute Gasteiger partial charge is 0.396 e. The maximum atomic E-state index is 12.0. The number of carbonyl (C=O) groups excluding carboxylic acids is 1. The molecule has 1 unspecified atom stereocenters. The highest BCUT2D eigenvalue weighted by molar-refractivity contribution is 5.81. The molecule has 4 heteroatoms.